The molecular formula is C19H15F2N3O3. The van der Waals surface area contributed by atoms with Crippen molar-refractivity contribution in [3.05, 3.63) is 65.4 Å². The zero-order chi connectivity index (χ0) is 19.6. The Balaban J connectivity index is 2.12. The molecule has 6 nitrogen and oxygen atoms in total. The molecule has 138 valence electrons. The smallest absolute Gasteiger partial charge is 0.330 e. The van der Waals surface area contributed by atoms with Crippen LogP contribution < -0.4 is 10.5 Å². The van der Waals surface area contributed by atoms with E-state index >= 15 is 0 Å². The molecule has 27 heavy (non-hydrogen) atoms. The van der Waals surface area contributed by atoms with E-state index in [4.69, 9.17) is 15.9 Å². The molecule has 0 unspecified atom stereocenters. The number of hydrogen-bond acceptors (Lipinski definition) is 4. The van der Waals surface area contributed by atoms with Crippen LogP contribution in [-0.4, -0.2) is 23.9 Å². The number of esters is 1. The number of halogens is 2. The van der Waals surface area contributed by atoms with Gasteiger partial charge in [0, 0.05) is 34.8 Å². The fourth-order valence-electron chi connectivity index (χ4n) is 2.56. The van der Waals surface area contributed by atoms with Crippen LogP contribution in [0.5, 0.6) is 11.5 Å². The van der Waals surface area contributed by atoms with E-state index in [0.717, 1.165) is 12.1 Å². The highest BCUT2D eigenvalue weighted by Crippen LogP contribution is 2.35. The second kappa shape index (κ2) is 7.28. The van der Waals surface area contributed by atoms with Crippen LogP contribution in [0, 0.1) is 17.0 Å². The molecule has 0 saturated carbocycles. The van der Waals surface area contributed by atoms with Crippen LogP contribution in [0.4, 0.5) is 8.78 Å². The predicted octanol–water partition coefficient (Wildman–Crippen LogP) is 3.71. The second-order valence-electron chi connectivity index (χ2n) is 5.55. The summed E-state index contributed by atoms with van der Waals surface area (Å²) in [6.07, 6.45) is 4.13. The molecule has 0 amide bonds. The number of nitrogens with two attached hydrogens (primary N) is 1. The lowest BCUT2D eigenvalue weighted by Gasteiger charge is -2.12. The van der Waals surface area contributed by atoms with E-state index in [-0.39, 0.29) is 17.1 Å². The Morgan fingerprint density at radius 1 is 1.22 bits per heavy atom. The van der Waals surface area contributed by atoms with Gasteiger partial charge in [-0.3, -0.25) is 5.41 Å². The van der Waals surface area contributed by atoms with E-state index in [1.165, 1.54) is 31.4 Å². The summed E-state index contributed by atoms with van der Waals surface area (Å²) in [5.74, 6) is -2.56. The average Bonchev–Trinajstić information content (AvgIpc) is 3.10. The molecule has 0 atom stereocenters. The molecule has 0 saturated heterocycles. The van der Waals surface area contributed by atoms with E-state index in [9.17, 15) is 13.6 Å². The predicted molar refractivity (Wildman–Crippen MR) is 96.8 cm³/mol. The summed E-state index contributed by atoms with van der Waals surface area (Å²) in [4.78, 5) is 14.3. The van der Waals surface area contributed by atoms with Gasteiger partial charge in [-0.2, -0.15) is 0 Å². The lowest BCUT2D eigenvalue weighted by atomic mass is 10.1. The summed E-state index contributed by atoms with van der Waals surface area (Å²) in [5, 5.41) is 8.01. The number of methoxy groups -OCH3 is 1. The number of benzene rings is 2. The van der Waals surface area contributed by atoms with Gasteiger partial charge in [-0.25, -0.2) is 13.6 Å². The number of aromatic nitrogens is 1. The number of nitrogen functional groups attached to an aromatic ring is 1. The molecule has 0 fully saturated rings. The molecule has 0 bridgehead atoms. The number of amidine groups is 1. The largest absolute Gasteiger partial charge is 0.466 e. The topological polar surface area (TPSA) is 101 Å². The van der Waals surface area contributed by atoms with Gasteiger partial charge in [0.2, 0.25) is 0 Å². The number of carbonyl (C=O) groups is 1. The van der Waals surface area contributed by atoms with Crippen molar-refractivity contribution in [1.82, 2.24) is 4.98 Å². The zero-order valence-electron chi connectivity index (χ0n) is 14.2. The molecule has 0 aliphatic carbocycles. The molecule has 1 heterocycles. The molecule has 0 aliphatic heterocycles. The lowest BCUT2D eigenvalue weighted by molar-refractivity contribution is -0.134. The molecule has 2 aromatic carbocycles. The number of aromatic amines is 1. The van der Waals surface area contributed by atoms with Crippen LogP contribution >= 0.6 is 0 Å². The summed E-state index contributed by atoms with van der Waals surface area (Å²) >= 11 is 0. The first-order valence-electron chi connectivity index (χ1n) is 7.78. The van der Waals surface area contributed by atoms with Crippen LogP contribution in [0.2, 0.25) is 0 Å². The number of carbonyl (C=O) groups excluding carboxylic acids is 1. The molecule has 0 aliphatic rings. The highest BCUT2D eigenvalue weighted by Gasteiger charge is 2.16. The quantitative estimate of drug-likeness (QED) is 0.275. The van der Waals surface area contributed by atoms with E-state index < -0.39 is 23.4 Å². The van der Waals surface area contributed by atoms with Gasteiger partial charge in [-0.15, -0.1) is 0 Å². The van der Waals surface area contributed by atoms with Crippen molar-refractivity contribution in [2.24, 2.45) is 5.73 Å². The fraction of sp³-hybridized carbons (Fsp3) is 0.0526. The number of ether oxygens (including phenoxy) is 2. The Hall–Kier alpha value is -3.68. The Bertz CT molecular complexity index is 1070. The Labute approximate surface area is 152 Å². The average molecular weight is 371 g/mol. The third-order valence-corrected chi connectivity index (χ3v) is 3.84. The summed E-state index contributed by atoms with van der Waals surface area (Å²) in [5.41, 5.74) is 5.98. The molecule has 0 spiro atoms. The maximum Gasteiger partial charge on any atom is 0.330 e. The standard InChI is InChI=1S/C19H15F2N3O3/c1-26-17(25)5-3-12-11-6-7-24-16(11)9-15(21)18(12)27-10-2-4-14(20)13(8-10)19(22)23/h2-9,24H,1H3,(H3,22,23)/b5-3+. The van der Waals surface area contributed by atoms with Gasteiger partial charge < -0.3 is 20.2 Å². The van der Waals surface area contributed by atoms with Crippen molar-refractivity contribution < 1.29 is 23.0 Å². The summed E-state index contributed by atoms with van der Waals surface area (Å²) in [6.45, 7) is 0. The minimum Gasteiger partial charge on any atom is -0.466 e. The van der Waals surface area contributed by atoms with Gasteiger partial charge in [-0.05, 0) is 30.3 Å². The van der Waals surface area contributed by atoms with E-state index in [1.807, 2.05) is 0 Å². The van der Waals surface area contributed by atoms with Crippen molar-refractivity contribution in [2.75, 3.05) is 7.11 Å². The van der Waals surface area contributed by atoms with E-state index in [1.54, 1.807) is 12.3 Å². The molecule has 8 heteroatoms. The van der Waals surface area contributed by atoms with Crippen LogP contribution in [0.25, 0.3) is 17.0 Å². The van der Waals surface area contributed by atoms with Crippen molar-refractivity contribution in [3.63, 3.8) is 0 Å². The number of hydrogen-bond donors (Lipinski definition) is 3. The number of nitrogens with one attached hydrogen (secondary N) is 2. The van der Waals surface area contributed by atoms with Crippen molar-refractivity contribution in [1.29, 1.82) is 5.41 Å². The first kappa shape index (κ1) is 18.1. The minimum absolute atomic E-state index is 0.0862. The molecular weight excluding hydrogens is 356 g/mol. The highest BCUT2D eigenvalue weighted by atomic mass is 19.1. The molecule has 3 rings (SSSR count). The molecule has 1 aromatic heterocycles. The molecule has 0 radical (unpaired) electrons. The van der Waals surface area contributed by atoms with Crippen LogP contribution in [0.1, 0.15) is 11.1 Å². The normalized spacial score (nSPS) is 11.1. The number of rotatable bonds is 5. The van der Waals surface area contributed by atoms with Crippen molar-refractivity contribution in [3.8, 4) is 11.5 Å². The Morgan fingerprint density at radius 2 is 2.00 bits per heavy atom. The van der Waals surface area contributed by atoms with Crippen molar-refractivity contribution >= 4 is 28.8 Å². The Morgan fingerprint density at radius 3 is 2.70 bits per heavy atom. The lowest BCUT2D eigenvalue weighted by Crippen LogP contribution is -2.13. The van der Waals surface area contributed by atoms with Gasteiger partial charge in [-0.1, -0.05) is 0 Å². The molecule has 4 N–H and O–H groups in total. The first-order valence-corrected chi connectivity index (χ1v) is 7.78. The van der Waals surface area contributed by atoms with Crippen LogP contribution in [-0.2, 0) is 9.53 Å². The summed E-state index contributed by atoms with van der Waals surface area (Å²) < 4.78 is 38.5. The van der Waals surface area contributed by atoms with Gasteiger partial charge in [0.15, 0.2) is 11.6 Å². The van der Waals surface area contributed by atoms with Crippen LogP contribution in [0.15, 0.2) is 42.6 Å². The first-order chi connectivity index (χ1) is 12.9. The van der Waals surface area contributed by atoms with Gasteiger partial charge in [0.1, 0.15) is 17.4 Å². The fourth-order valence-corrected chi connectivity index (χ4v) is 2.56. The van der Waals surface area contributed by atoms with E-state index in [0.29, 0.717) is 16.5 Å². The van der Waals surface area contributed by atoms with Gasteiger partial charge in [0.25, 0.3) is 0 Å². The second-order valence-corrected chi connectivity index (χ2v) is 5.55. The van der Waals surface area contributed by atoms with Gasteiger partial charge in [0.05, 0.1) is 12.7 Å². The Kier molecular flexibility index (Phi) is 4.89. The van der Waals surface area contributed by atoms with Crippen LogP contribution in [0.3, 0.4) is 0 Å². The third kappa shape index (κ3) is 3.64. The maximum atomic E-state index is 14.7. The maximum absolute atomic E-state index is 14.7. The zero-order valence-corrected chi connectivity index (χ0v) is 14.2. The summed E-state index contributed by atoms with van der Waals surface area (Å²) in [7, 11) is 1.23. The third-order valence-electron chi connectivity index (χ3n) is 3.84. The van der Waals surface area contributed by atoms with Gasteiger partial charge >= 0.3 is 5.97 Å². The summed E-state index contributed by atoms with van der Waals surface area (Å²) in [6, 6.07) is 6.51. The SMILES string of the molecule is COC(=O)/C=C/c1c(Oc2ccc(F)c(C(=N)N)c2)c(F)cc2[nH]ccc12. The van der Waals surface area contributed by atoms with Crippen molar-refractivity contribution in [2.45, 2.75) is 0 Å². The number of fused-ring (bicyclic) bond motifs is 1. The highest BCUT2D eigenvalue weighted by molar-refractivity contribution is 5.97. The minimum atomic E-state index is -0.692. The molecule has 3 aromatic rings. The van der Waals surface area contributed by atoms with E-state index in [2.05, 4.69) is 9.72 Å². The monoisotopic (exact) mass is 371 g/mol. The number of H-pyrrole nitrogens is 1.